The number of benzene rings is 2. The molecule has 4 fully saturated rings. The van der Waals surface area contributed by atoms with Crippen molar-refractivity contribution in [2.45, 2.75) is 84.5 Å². The predicted octanol–water partition coefficient (Wildman–Crippen LogP) is 5.41. The van der Waals surface area contributed by atoms with E-state index in [0.717, 1.165) is 75.7 Å². The van der Waals surface area contributed by atoms with Crippen LogP contribution in [-0.2, 0) is 16.1 Å². The van der Waals surface area contributed by atoms with E-state index in [-0.39, 0.29) is 53.0 Å². The molecule has 0 spiro atoms. The van der Waals surface area contributed by atoms with Gasteiger partial charge in [0.15, 0.2) is 0 Å². The molecule has 1 aliphatic carbocycles. The van der Waals surface area contributed by atoms with E-state index in [1.807, 2.05) is 24.3 Å². The molecule has 13 nitrogen and oxygen atoms in total. The van der Waals surface area contributed by atoms with Crippen LogP contribution in [0.2, 0.25) is 5.02 Å². The van der Waals surface area contributed by atoms with Crippen molar-refractivity contribution < 1.29 is 23.9 Å². The number of amides is 4. The number of ether oxygens (including phenoxy) is 1. The number of piperidine rings is 2. The predicted molar refractivity (Wildman–Crippen MR) is 224 cm³/mol. The SMILES string of the molecule is CC1(C)[C@H](NC(=O)c2ccc(N3CCC(CCN4CCN(c5ccc6c(c5)CN(C5CCC(=O)NC5=O)C6=O)CC4)CC3)nc2)C(C)(C)[C@H]1Oc1ccc(C#N)c(Cl)c1. The third-order valence-electron chi connectivity index (χ3n) is 13.5. The summed E-state index contributed by atoms with van der Waals surface area (Å²) in [6.07, 6.45) is 5.50. The van der Waals surface area contributed by atoms with E-state index in [0.29, 0.717) is 46.3 Å². The van der Waals surface area contributed by atoms with Crippen LogP contribution >= 0.6 is 11.6 Å². The van der Waals surface area contributed by atoms with E-state index in [1.165, 1.54) is 6.42 Å². The van der Waals surface area contributed by atoms with E-state index in [1.54, 1.807) is 29.3 Å². The summed E-state index contributed by atoms with van der Waals surface area (Å²) in [6.45, 7) is 15.5. The maximum absolute atomic E-state index is 13.5. The number of nitrogens with one attached hydrogen (secondary N) is 2. The maximum Gasteiger partial charge on any atom is 0.255 e. The minimum atomic E-state index is -0.602. The second-order valence-corrected chi connectivity index (χ2v) is 18.4. The smallest absolute Gasteiger partial charge is 0.255 e. The molecule has 1 aromatic heterocycles. The van der Waals surface area contributed by atoms with Gasteiger partial charge in [0.2, 0.25) is 11.8 Å². The van der Waals surface area contributed by atoms with Crippen molar-refractivity contribution in [3.63, 3.8) is 0 Å². The zero-order valence-corrected chi connectivity index (χ0v) is 35.1. The summed E-state index contributed by atoms with van der Waals surface area (Å²) >= 11 is 6.25. The Bertz CT molecular complexity index is 2150. The number of anilines is 2. The van der Waals surface area contributed by atoms with E-state index >= 15 is 0 Å². The molecule has 3 aromatic rings. The minimum absolute atomic E-state index is 0.136. The molecule has 1 atom stereocenters. The summed E-state index contributed by atoms with van der Waals surface area (Å²) in [4.78, 5) is 64.2. The lowest BCUT2D eigenvalue weighted by Gasteiger charge is -2.63. The van der Waals surface area contributed by atoms with Crippen molar-refractivity contribution in [3.8, 4) is 11.8 Å². The molecule has 0 bridgehead atoms. The number of rotatable bonds is 10. The minimum Gasteiger partial charge on any atom is -0.489 e. The highest BCUT2D eigenvalue weighted by atomic mass is 35.5. The fraction of sp³-hybridized carbons (Fsp3) is 0.511. The van der Waals surface area contributed by atoms with Crippen molar-refractivity contribution in [2.24, 2.45) is 16.7 Å². The maximum atomic E-state index is 13.5. The summed E-state index contributed by atoms with van der Waals surface area (Å²) < 4.78 is 6.38. The highest BCUT2D eigenvalue weighted by Gasteiger charge is 2.64. The second-order valence-electron chi connectivity index (χ2n) is 18.0. The van der Waals surface area contributed by atoms with E-state index < -0.39 is 6.04 Å². The summed E-state index contributed by atoms with van der Waals surface area (Å²) in [5.41, 5.74) is 2.91. The monoisotopic (exact) mass is 820 g/mol. The number of hydrogen-bond acceptors (Lipinski definition) is 10. The highest BCUT2D eigenvalue weighted by molar-refractivity contribution is 6.31. The quantitative estimate of drug-likeness (QED) is 0.254. The Kier molecular flexibility index (Phi) is 11.1. The summed E-state index contributed by atoms with van der Waals surface area (Å²) in [6, 6.07) is 16.3. The topological polar surface area (TPSA) is 151 Å². The normalized spacial score (nSPS) is 24.2. The number of imide groups is 1. The van der Waals surface area contributed by atoms with Crippen LogP contribution in [0.25, 0.3) is 0 Å². The largest absolute Gasteiger partial charge is 0.489 e. The van der Waals surface area contributed by atoms with Gasteiger partial charge in [0.25, 0.3) is 11.8 Å². The first-order chi connectivity index (χ1) is 28.2. The summed E-state index contributed by atoms with van der Waals surface area (Å²) in [5.74, 6) is 1.20. The number of piperazine rings is 1. The van der Waals surface area contributed by atoms with Gasteiger partial charge in [0.1, 0.15) is 29.8 Å². The molecule has 2 N–H and O–H groups in total. The molecule has 0 radical (unpaired) electrons. The molecule has 8 rings (SSSR count). The molecule has 2 aromatic carbocycles. The Labute approximate surface area is 351 Å². The highest BCUT2D eigenvalue weighted by Crippen LogP contribution is 2.55. The number of hydrogen-bond donors (Lipinski definition) is 2. The Morgan fingerprint density at radius 3 is 2.36 bits per heavy atom. The zero-order valence-electron chi connectivity index (χ0n) is 34.3. The number of carbonyl (C=O) groups is 4. The van der Waals surface area contributed by atoms with Crippen molar-refractivity contribution in [1.82, 2.24) is 25.4 Å². The molecule has 5 heterocycles. The van der Waals surface area contributed by atoms with Gasteiger partial charge in [-0.15, -0.1) is 0 Å². The average molecular weight is 821 g/mol. The van der Waals surface area contributed by atoms with Gasteiger partial charge in [0, 0.05) is 92.6 Å². The standard InChI is InChI=1S/C45H53ClN8O5/c1-44(2)42(45(3,4)43(44)59-33-8-5-29(25-47)35(46)24-33)50-39(56)30-6-11-37(48-26-30)53-17-14-28(15-18-53)13-16-51-19-21-52(22-20-51)32-7-9-34-31(23-32)27-54(41(34)58)36-10-12-38(55)49-40(36)57/h5-9,11,23-24,26,28,36,42-43H,10,12-22,27H2,1-4H3,(H,50,56)(H,49,55,57)/t36?,42-,43-. The molecule has 4 aliphatic heterocycles. The first kappa shape index (κ1) is 40.6. The number of halogens is 1. The Morgan fingerprint density at radius 2 is 1.69 bits per heavy atom. The molecule has 1 unspecified atom stereocenters. The lowest BCUT2D eigenvalue weighted by Crippen LogP contribution is -2.74. The van der Waals surface area contributed by atoms with Crippen LogP contribution in [0, 0.1) is 28.1 Å². The molecular formula is C45H53ClN8O5. The Balaban J connectivity index is 0.762. The number of fused-ring (bicyclic) bond motifs is 1. The number of nitriles is 1. The summed E-state index contributed by atoms with van der Waals surface area (Å²) in [5, 5.41) is 15.2. The van der Waals surface area contributed by atoms with Crippen LogP contribution in [0.4, 0.5) is 11.5 Å². The van der Waals surface area contributed by atoms with E-state index in [4.69, 9.17) is 21.3 Å². The average Bonchev–Trinajstić information content (AvgIpc) is 3.56. The van der Waals surface area contributed by atoms with Gasteiger partial charge in [-0.05, 0) is 86.2 Å². The third-order valence-corrected chi connectivity index (χ3v) is 13.8. The molecule has 1 saturated carbocycles. The third kappa shape index (κ3) is 7.97. The van der Waals surface area contributed by atoms with Crippen LogP contribution in [0.1, 0.15) is 91.6 Å². The van der Waals surface area contributed by atoms with Crippen LogP contribution in [0.3, 0.4) is 0 Å². The Hall–Kier alpha value is -5.19. The van der Waals surface area contributed by atoms with Crippen LogP contribution < -0.4 is 25.2 Å². The zero-order chi connectivity index (χ0) is 41.6. The molecule has 3 saturated heterocycles. The molecule has 5 aliphatic rings. The van der Waals surface area contributed by atoms with Crippen LogP contribution in [-0.4, -0.2) is 102 Å². The van der Waals surface area contributed by atoms with Gasteiger partial charge in [-0.25, -0.2) is 4.98 Å². The fourth-order valence-corrected chi connectivity index (χ4v) is 10.5. The number of nitrogens with zero attached hydrogens (tertiary/aromatic N) is 6. The lowest BCUT2D eigenvalue weighted by molar-refractivity contribution is -0.164. The number of aromatic nitrogens is 1. The lowest BCUT2D eigenvalue weighted by atomic mass is 9.49. The molecule has 310 valence electrons. The van der Waals surface area contributed by atoms with E-state index in [2.05, 4.69) is 65.2 Å². The van der Waals surface area contributed by atoms with Gasteiger partial charge in [0.05, 0.1) is 16.1 Å². The van der Waals surface area contributed by atoms with Crippen molar-refractivity contribution in [2.75, 3.05) is 55.6 Å². The van der Waals surface area contributed by atoms with Crippen molar-refractivity contribution >= 4 is 46.7 Å². The number of pyridine rings is 1. The molecular weight excluding hydrogens is 768 g/mol. The van der Waals surface area contributed by atoms with Gasteiger partial charge >= 0.3 is 0 Å². The first-order valence-corrected chi connectivity index (χ1v) is 21.2. The van der Waals surface area contributed by atoms with Gasteiger partial charge in [-0.3, -0.25) is 29.4 Å². The number of carbonyl (C=O) groups excluding carboxylic acids is 4. The Morgan fingerprint density at radius 1 is 0.949 bits per heavy atom. The fourth-order valence-electron chi connectivity index (χ4n) is 10.3. The van der Waals surface area contributed by atoms with Crippen LogP contribution in [0.15, 0.2) is 54.7 Å². The van der Waals surface area contributed by atoms with Gasteiger partial charge in [-0.2, -0.15) is 5.26 Å². The van der Waals surface area contributed by atoms with Gasteiger partial charge in [-0.1, -0.05) is 39.3 Å². The first-order valence-electron chi connectivity index (χ1n) is 20.9. The van der Waals surface area contributed by atoms with Crippen molar-refractivity contribution in [3.05, 3.63) is 82.0 Å². The van der Waals surface area contributed by atoms with E-state index in [9.17, 15) is 24.4 Å². The van der Waals surface area contributed by atoms with Crippen LogP contribution in [0.5, 0.6) is 5.75 Å². The second kappa shape index (κ2) is 16.1. The molecule has 4 amide bonds. The molecule has 59 heavy (non-hydrogen) atoms. The van der Waals surface area contributed by atoms with Crippen molar-refractivity contribution in [1.29, 1.82) is 5.26 Å². The summed E-state index contributed by atoms with van der Waals surface area (Å²) in [7, 11) is 0. The van der Waals surface area contributed by atoms with Gasteiger partial charge < -0.3 is 24.8 Å². The molecule has 14 heteroatoms.